The maximum absolute atomic E-state index is 13.6. The van der Waals surface area contributed by atoms with Crippen LogP contribution in [0, 0.1) is 5.82 Å². The van der Waals surface area contributed by atoms with Crippen LogP contribution in [0.15, 0.2) is 18.2 Å². The summed E-state index contributed by atoms with van der Waals surface area (Å²) in [5.41, 5.74) is 0.544. The number of nitrogens with one attached hydrogen (secondary N) is 2. The molecule has 0 fully saturated rings. The van der Waals surface area contributed by atoms with Crippen molar-refractivity contribution >= 4 is 11.6 Å². The van der Waals surface area contributed by atoms with Crippen molar-refractivity contribution in [2.75, 3.05) is 25.5 Å². The normalized spacial score (nSPS) is 12.0. The van der Waals surface area contributed by atoms with Gasteiger partial charge in [-0.3, -0.25) is 4.79 Å². The van der Waals surface area contributed by atoms with Gasteiger partial charge in [-0.1, -0.05) is 6.07 Å². The monoisotopic (exact) mass is 254 g/mol. The van der Waals surface area contributed by atoms with Crippen LogP contribution in [0.5, 0.6) is 0 Å². The van der Waals surface area contributed by atoms with Gasteiger partial charge in [0.2, 0.25) is 0 Å². The van der Waals surface area contributed by atoms with Gasteiger partial charge in [-0.15, -0.1) is 0 Å². The molecule has 18 heavy (non-hydrogen) atoms. The van der Waals surface area contributed by atoms with Gasteiger partial charge in [0.1, 0.15) is 5.82 Å². The lowest BCUT2D eigenvalue weighted by molar-refractivity contribution is 0.0871. The summed E-state index contributed by atoms with van der Waals surface area (Å²) >= 11 is 0. The Morgan fingerprint density at radius 1 is 1.50 bits per heavy atom. The summed E-state index contributed by atoms with van der Waals surface area (Å²) in [6, 6.07) is 4.44. The van der Waals surface area contributed by atoms with Crippen LogP contribution >= 0.6 is 0 Å². The fourth-order valence-electron chi connectivity index (χ4n) is 1.48. The first-order valence-electron chi connectivity index (χ1n) is 5.93. The van der Waals surface area contributed by atoms with E-state index in [4.69, 9.17) is 4.74 Å². The predicted octanol–water partition coefficient (Wildman–Crippen LogP) is 2.02. The smallest absolute Gasteiger partial charge is 0.253 e. The number of carbonyl (C=O) groups excluding carboxylic acids is 1. The SMILES string of the molecule is CCNc1c(F)cccc1C(=O)NCC(C)OC. The molecule has 1 rings (SSSR count). The molecule has 100 valence electrons. The molecule has 0 aromatic heterocycles. The Kier molecular flexibility index (Phi) is 5.58. The first-order valence-corrected chi connectivity index (χ1v) is 5.93. The number of hydrogen-bond acceptors (Lipinski definition) is 3. The highest BCUT2D eigenvalue weighted by atomic mass is 19.1. The van der Waals surface area contributed by atoms with Crippen LogP contribution in [-0.4, -0.2) is 32.2 Å². The minimum atomic E-state index is -0.427. The zero-order chi connectivity index (χ0) is 13.5. The number of rotatable bonds is 6. The number of halogens is 1. The molecule has 1 aromatic rings. The summed E-state index contributed by atoms with van der Waals surface area (Å²) in [7, 11) is 1.57. The van der Waals surface area contributed by atoms with E-state index in [1.54, 1.807) is 13.2 Å². The number of benzene rings is 1. The van der Waals surface area contributed by atoms with E-state index in [0.717, 1.165) is 0 Å². The van der Waals surface area contributed by atoms with Crippen molar-refractivity contribution in [2.45, 2.75) is 20.0 Å². The van der Waals surface area contributed by atoms with Gasteiger partial charge in [0, 0.05) is 20.2 Å². The third kappa shape index (κ3) is 3.70. The van der Waals surface area contributed by atoms with E-state index in [1.165, 1.54) is 12.1 Å². The Balaban J connectivity index is 2.81. The molecule has 0 aliphatic rings. The fraction of sp³-hybridized carbons (Fsp3) is 0.462. The van der Waals surface area contributed by atoms with Gasteiger partial charge in [0.25, 0.3) is 5.91 Å². The molecular formula is C13H19FN2O2. The van der Waals surface area contributed by atoms with Crippen molar-refractivity contribution in [2.24, 2.45) is 0 Å². The molecule has 1 unspecified atom stereocenters. The standard InChI is InChI=1S/C13H19FN2O2/c1-4-15-12-10(6-5-7-11(12)14)13(17)16-8-9(2)18-3/h5-7,9,15H,4,8H2,1-3H3,(H,16,17). The summed E-state index contributed by atoms with van der Waals surface area (Å²) in [6.45, 7) is 4.63. The van der Waals surface area contributed by atoms with E-state index < -0.39 is 5.82 Å². The van der Waals surface area contributed by atoms with E-state index >= 15 is 0 Å². The molecule has 1 aromatic carbocycles. The Morgan fingerprint density at radius 3 is 2.83 bits per heavy atom. The van der Waals surface area contributed by atoms with Crippen LogP contribution in [0.3, 0.4) is 0 Å². The van der Waals surface area contributed by atoms with Crippen LogP contribution in [0.25, 0.3) is 0 Å². The number of methoxy groups -OCH3 is 1. The molecular weight excluding hydrogens is 235 g/mol. The lowest BCUT2D eigenvalue weighted by Gasteiger charge is -2.14. The quantitative estimate of drug-likeness (QED) is 0.816. The Labute approximate surface area is 107 Å². The van der Waals surface area contributed by atoms with E-state index in [9.17, 15) is 9.18 Å². The second kappa shape index (κ2) is 6.96. The van der Waals surface area contributed by atoms with Gasteiger partial charge in [-0.25, -0.2) is 4.39 Å². The molecule has 0 aliphatic carbocycles. The van der Waals surface area contributed by atoms with Crippen molar-refractivity contribution in [3.8, 4) is 0 Å². The van der Waals surface area contributed by atoms with Gasteiger partial charge in [-0.05, 0) is 26.0 Å². The Morgan fingerprint density at radius 2 is 2.22 bits per heavy atom. The maximum atomic E-state index is 13.6. The second-order valence-electron chi connectivity index (χ2n) is 3.95. The first-order chi connectivity index (χ1) is 8.60. The molecule has 4 nitrogen and oxygen atoms in total. The van der Waals surface area contributed by atoms with Crippen molar-refractivity contribution in [3.63, 3.8) is 0 Å². The zero-order valence-corrected chi connectivity index (χ0v) is 10.9. The van der Waals surface area contributed by atoms with E-state index in [-0.39, 0.29) is 17.7 Å². The van der Waals surface area contributed by atoms with Crippen molar-refractivity contribution in [1.82, 2.24) is 5.32 Å². The van der Waals surface area contributed by atoms with Crippen LogP contribution in [0.2, 0.25) is 0 Å². The van der Waals surface area contributed by atoms with Crippen LogP contribution in [-0.2, 0) is 4.74 Å². The highest BCUT2D eigenvalue weighted by Gasteiger charge is 2.14. The maximum Gasteiger partial charge on any atom is 0.253 e. The number of amides is 1. The van der Waals surface area contributed by atoms with E-state index in [2.05, 4.69) is 10.6 Å². The molecule has 1 atom stereocenters. The highest BCUT2D eigenvalue weighted by molar-refractivity contribution is 5.99. The van der Waals surface area contributed by atoms with Gasteiger partial charge in [-0.2, -0.15) is 0 Å². The van der Waals surface area contributed by atoms with Gasteiger partial charge in [0.15, 0.2) is 0 Å². The zero-order valence-electron chi connectivity index (χ0n) is 10.9. The minimum Gasteiger partial charge on any atom is -0.382 e. The van der Waals surface area contributed by atoms with Crippen LogP contribution < -0.4 is 10.6 Å². The van der Waals surface area contributed by atoms with Gasteiger partial charge in [0.05, 0.1) is 17.4 Å². The lowest BCUT2D eigenvalue weighted by Crippen LogP contribution is -2.32. The largest absolute Gasteiger partial charge is 0.382 e. The summed E-state index contributed by atoms with van der Waals surface area (Å²) in [4.78, 5) is 11.9. The minimum absolute atomic E-state index is 0.0786. The Bertz CT molecular complexity index is 410. The number of anilines is 1. The van der Waals surface area contributed by atoms with E-state index in [0.29, 0.717) is 18.7 Å². The van der Waals surface area contributed by atoms with Crippen molar-refractivity contribution < 1.29 is 13.9 Å². The number of para-hydroxylation sites is 1. The summed E-state index contributed by atoms with van der Waals surface area (Å²) in [6.07, 6.45) is -0.0786. The highest BCUT2D eigenvalue weighted by Crippen LogP contribution is 2.19. The fourth-order valence-corrected chi connectivity index (χ4v) is 1.48. The van der Waals surface area contributed by atoms with Crippen LogP contribution in [0.1, 0.15) is 24.2 Å². The second-order valence-corrected chi connectivity index (χ2v) is 3.95. The lowest BCUT2D eigenvalue weighted by atomic mass is 10.1. The molecule has 0 bridgehead atoms. The number of ether oxygens (including phenoxy) is 1. The molecule has 5 heteroatoms. The summed E-state index contributed by atoms with van der Waals surface area (Å²) in [5, 5.41) is 5.56. The molecule has 0 saturated heterocycles. The van der Waals surface area contributed by atoms with Gasteiger partial charge < -0.3 is 15.4 Å². The number of hydrogen-bond donors (Lipinski definition) is 2. The molecule has 2 N–H and O–H groups in total. The van der Waals surface area contributed by atoms with E-state index in [1.807, 2.05) is 13.8 Å². The molecule has 0 heterocycles. The Hall–Kier alpha value is -1.62. The van der Waals surface area contributed by atoms with Crippen LogP contribution in [0.4, 0.5) is 10.1 Å². The molecule has 0 saturated carbocycles. The third-order valence-corrected chi connectivity index (χ3v) is 2.56. The molecule has 0 spiro atoms. The summed E-state index contributed by atoms with van der Waals surface area (Å²) in [5.74, 6) is -0.737. The van der Waals surface area contributed by atoms with Crippen molar-refractivity contribution in [3.05, 3.63) is 29.6 Å². The van der Waals surface area contributed by atoms with Crippen molar-refractivity contribution in [1.29, 1.82) is 0 Å². The topological polar surface area (TPSA) is 50.4 Å². The average molecular weight is 254 g/mol. The molecule has 1 amide bonds. The van der Waals surface area contributed by atoms with Gasteiger partial charge >= 0.3 is 0 Å². The third-order valence-electron chi connectivity index (χ3n) is 2.56. The predicted molar refractivity (Wildman–Crippen MR) is 69.4 cm³/mol. The number of carbonyl (C=O) groups is 1. The summed E-state index contributed by atoms with van der Waals surface area (Å²) < 4.78 is 18.6. The average Bonchev–Trinajstić information content (AvgIpc) is 2.38. The molecule has 0 radical (unpaired) electrons. The first kappa shape index (κ1) is 14.4. The molecule has 0 aliphatic heterocycles.